The number of hydrogen-bond acceptors (Lipinski definition) is 5. The average molecular weight is 367 g/mol. The molecule has 4 aromatic rings. The van der Waals surface area contributed by atoms with Crippen LogP contribution in [0.3, 0.4) is 0 Å². The number of hydrogen-bond donors (Lipinski definition) is 1. The van der Waals surface area contributed by atoms with E-state index in [1.54, 1.807) is 0 Å². The number of benzene rings is 3. The smallest absolute Gasteiger partial charge is 0.170 e. The fourth-order valence-corrected chi connectivity index (χ4v) is 2.77. The SMILES string of the molecule is C[n+]1ccc(N=Nc2ccc(N=Nc3ccc(N)c4ccccc34)cc2)cc1. The summed E-state index contributed by atoms with van der Waals surface area (Å²) in [7, 11) is 1.96. The zero-order chi connectivity index (χ0) is 19.3. The Morgan fingerprint density at radius 2 is 1.14 bits per heavy atom. The molecule has 0 aliphatic carbocycles. The fourth-order valence-electron chi connectivity index (χ4n) is 2.77. The van der Waals surface area contributed by atoms with Crippen molar-refractivity contribution in [1.82, 2.24) is 0 Å². The molecule has 0 saturated heterocycles. The van der Waals surface area contributed by atoms with Crippen LogP contribution >= 0.6 is 0 Å². The number of nitrogens with zero attached hydrogens (tertiary/aromatic N) is 5. The van der Waals surface area contributed by atoms with Gasteiger partial charge in [0.15, 0.2) is 12.4 Å². The Morgan fingerprint density at radius 3 is 1.79 bits per heavy atom. The minimum atomic E-state index is 0.733. The molecular formula is C22H19N6+. The highest BCUT2D eigenvalue weighted by Gasteiger charge is 2.02. The molecule has 0 radical (unpaired) electrons. The zero-order valence-electron chi connectivity index (χ0n) is 15.4. The normalized spacial score (nSPS) is 11.6. The van der Waals surface area contributed by atoms with Gasteiger partial charge in [-0.15, -0.1) is 5.11 Å². The summed E-state index contributed by atoms with van der Waals surface area (Å²) in [5, 5.41) is 19.2. The first-order valence-electron chi connectivity index (χ1n) is 8.85. The highest BCUT2D eigenvalue weighted by Crippen LogP contribution is 2.31. The van der Waals surface area contributed by atoms with Crippen LogP contribution in [0.25, 0.3) is 10.8 Å². The van der Waals surface area contributed by atoms with E-state index in [4.69, 9.17) is 5.73 Å². The van der Waals surface area contributed by atoms with Crippen LogP contribution in [0.2, 0.25) is 0 Å². The van der Waals surface area contributed by atoms with Crippen molar-refractivity contribution in [2.75, 3.05) is 5.73 Å². The van der Waals surface area contributed by atoms with Gasteiger partial charge in [-0.1, -0.05) is 24.3 Å². The van der Waals surface area contributed by atoms with Gasteiger partial charge in [0, 0.05) is 28.6 Å². The molecule has 0 aliphatic rings. The number of aromatic nitrogens is 1. The quantitative estimate of drug-likeness (QED) is 0.265. The molecular weight excluding hydrogens is 348 g/mol. The van der Waals surface area contributed by atoms with Crippen molar-refractivity contribution in [2.24, 2.45) is 27.5 Å². The second-order valence-electron chi connectivity index (χ2n) is 6.36. The van der Waals surface area contributed by atoms with Crippen LogP contribution in [0, 0.1) is 0 Å². The largest absolute Gasteiger partial charge is 0.398 e. The highest BCUT2D eigenvalue weighted by molar-refractivity contribution is 5.99. The van der Waals surface area contributed by atoms with E-state index in [9.17, 15) is 0 Å². The molecule has 0 fully saturated rings. The van der Waals surface area contributed by atoms with Crippen molar-refractivity contribution in [3.63, 3.8) is 0 Å². The van der Waals surface area contributed by atoms with Gasteiger partial charge >= 0.3 is 0 Å². The van der Waals surface area contributed by atoms with Gasteiger partial charge in [-0.2, -0.15) is 15.3 Å². The van der Waals surface area contributed by atoms with E-state index in [1.807, 2.05) is 96.8 Å². The van der Waals surface area contributed by atoms with Gasteiger partial charge in [0.2, 0.25) is 0 Å². The molecule has 6 nitrogen and oxygen atoms in total. The molecule has 0 amide bonds. The van der Waals surface area contributed by atoms with E-state index in [-0.39, 0.29) is 0 Å². The van der Waals surface area contributed by atoms with Crippen molar-refractivity contribution in [3.8, 4) is 0 Å². The molecule has 3 aromatic carbocycles. The Balaban J connectivity index is 1.52. The van der Waals surface area contributed by atoms with Gasteiger partial charge in [-0.3, -0.25) is 0 Å². The predicted octanol–water partition coefficient (Wildman–Crippen LogP) is 6.08. The Kier molecular flexibility index (Phi) is 4.84. The molecule has 4 rings (SSSR count). The summed E-state index contributed by atoms with van der Waals surface area (Å²) < 4.78 is 1.95. The molecule has 0 unspecified atom stereocenters. The number of pyridine rings is 1. The number of anilines is 1. The summed E-state index contributed by atoms with van der Waals surface area (Å²) in [6.45, 7) is 0. The number of azo groups is 2. The summed E-state index contributed by atoms with van der Waals surface area (Å²) in [6.07, 6.45) is 3.86. The van der Waals surface area contributed by atoms with E-state index in [0.717, 1.165) is 39.2 Å². The van der Waals surface area contributed by atoms with Crippen LogP contribution < -0.4 is 10.3 Å². The van der Waals surface area contributed by atoms with Crippen LogP contribution in [0.1, 0.15) is 0 Å². The Bertz CT molecular complexity index is 1160. The Morgan fingerprint density at radius 1 is 0.607 bits per heavy atom. The van der Waals surface area contributed by atoms with Gasteiger partial charge in [-0.25, -0.2) is 4.57 Å². The van der Waals surface area contributed by atoms with Gasteiger partial charge in [0.25, 0.3) is 0 Å². The maximum atomic E-state index is 6.03. The first-order valence-corrected chi connectivity index (χ1v) is 8.85. The number of nitrogen functional groups attached to an aromatic ring is 1. The third-order valence-electron chi connectivity index (χ3n) is 4.30. The van der Waals surface area contributed by atoms with Crippen molar-refractivity contribution >= 4 is 39.2 Å². The lowest BCUT2D eigenvalue weighted by molar-refractivity contribution is -0.671. The second kappa shape index (κ2) is 7.75. The minimum Gasteiger partial charge on any atom is -0.398 e. The molecule has 0 atom stereocenters. The number of nitrogens with two attached hydrogens (primary N) is 1. The van der Waals surface area contributed by atoms with Gasteiger partial charge in [0.05, 0.1) is 22.7 Å². The van der Waals surface area contributed by atoms with Crippen LogP contribution in [-0.4, -0.2) is 0 Å². The lowest BCUT2D eigenvalue weighted by atomic mass is 10.1. The summed E-state index contributed by atoms with van der Waals surface area (Å²) in [5.74, 6) is 0. The monoisotopic (exact) mass is 367 g/mol. The molecule has 28 heavy (non-hydrogen) atoms. The van der Waals surface area contributed by atoms with Gasteiger partial charge in [-0.05, 0) is 36.4 Å². The predicted molar refractivity (Wildman–Crippen MR) is 111 cm³/mol. The van der Waals surface area contributed by atoms with E-state index in [0.29, 0.717) is 0 Å². The third-order valence-corrected chi connectivity index (χ3v) is 4.30. The topological polar surface area (TPSA) is 79.3 Å². The third kappa shape index (κ3) is 3.91. The summed E-state index contributed by atoms with van der Waals surface area (Å²) in [6, 6.07) is 22.9. The average Bonchev–Trinajstić information content (AvgIpc) is 2.74. The standard InChI is InChI=1S/C22H18N6/c1-28-14-12-18(13-15-28)25-24-16-6-8-17(9-7-16)26-27-22-11-10-21(23)19-4-2-3-5-20(19)22/h2-15,23H,1H3/p+1. The molecule has 1 aromatic heterocycles. The minimum absolute atomic E-state index is 0.733. The first kappa shape index (κ1) is 17.5. The lowest BCUT2D eigenvalue weighted by Crippen LogP contribution is -2.25. The van der Waals surface area contributed by atoms with Crippen LogP contribution in [0.4, 0.5) is 28.4 Å². The number of fused-ring (bicyclic) bond motifs is 1. The lowest BCUT2D eigenvalue weighted by Gasteiger charge is -2.04. The molecule has 0 bridgehead atoms. The molecule has 1 heterocycles. The van der Waals surface area contributed by atoms with Crippen molar-refractivity contribution in [2.45, 2.75) is 0 Å². The van der Waals surface area contributed by atoms with Gasteiger partial charge < -0.3 is 5.73 Å². The molecule has 136 valence electrons. The summed E-state index contributed by atoms with van der Waals surface area (Å²) in [4.78, 5) is 0. The van der Waals surface area contributed by atoms with E-state index in [2.05, 4.69) is 20.5 Å². The molecule has 0 spiro atoms. The maximum Gasteiger partial charge on any atom is 0.170 e. The molecule has 2 N–H and O–H groups in total. The molecule has 0 aliphatic heterocycles. The van der Waals surface area contributed by atoms with Crippen LogP contribution in [0.15, 0.2) is 106 Å². The zero-order valence-corrected chi connectivity index (χ0v) is 15.4. The Hall–Kier alpha value is -3.93. The van der Waals surface area contributed by atoms with E-state index >= 15 is 0 Å². The van der Waals surface area contributed by atoms with Crippen LogP contribution in [0.5, 0.6) is 0 Å². The maximum absolute atomic E-state index is 6.03. The van der Waals surface area contributed by atoms with Crippen molar-refractivity contribution in [3.05, 3.63) is 85.2 Å². The fraction of sp³-hybridized carbons (Fsp3) is 0.0455. The van der Waals surface area contributed by atoms with E-state index in [1.165, 1.54) is 0 Å². The highest BCUT2D eigenvalue weighted by atomic mass is 15.1. The van der Waals surface area contributed by atoms with E-state index < -0.39 is 0 Å². The van der Waals surface area contributed by atoms with Gasteiger partial charge in [0.1, 0.15) is 7.05 Å². The first-order chi connectivity index (χ1) is 13.7. The van der Waals surface area contributed by atoms with Crippen molar-refractivity contribution in [1.29, 1.82) is 0 Å². The summed E-state index contributed by atoms with van der Waals surface area (Å²) in [5.41, 5.74) is 9.85. The van der Waals surface area contributed by atoms with Crippen molar-refractivity contribution < 1.29 is 4.57 Å². The Labute approximate surface area is 162 Å². The number of rotatable bonds is 4. The molecule has 0 saturated carbocycles. The summed E-state index contributed by atoms with van der Waals surface area (Å²) >= 11 is 0. The van der Waals surface area contributed by atoms with Crippen LogP contribution in [-0.2, 0) is 7.05 Å². The molecule has 6 heteroatoms. The second-order valence-corrected chi connectivity index (χ2v) is 6.36. The number of aryl methyl sites for hydroxylation is 1.